The number of hydrogen-bond donors (Lipinski definition) is 0. The maximum Gasteiger partial charge on any atom is 0.129 e. The highest BCUT2D eigenvalue weighted by Gasteiger charge is 2.12. The van der Waals surface area contributed by atoms with Crippen molar-refractivity contribution >= 4 is 5.78 Å². The number of benzene rings is 1. The van der Waals surface area contributed by atoms with E-state index in [1.54, 1.807) is 14.0 Å². The Hall–Kier alpha value is -1.31. The average molecular weight is 220 g/mol. The molecule has 0 spiro atoms. The molecule has 0 amide bonds. The van der Waals surface area contributed by atoms with Crippen LogP contribution in [0.25, 0.3) is 0 Å². The van der Waals surface area contributed by atoms with E-state index < -0.39 is 0 Å². The Morgan fingerprint density at radius 1 is 1.44 bits per heavy atom. The molecule has 0 saturated carbocycles. The zero-order valence-corrected chi connectivity index (χ0v) is 10.5. The quantitative estimate of drug-likeness (QED) is 0.759. The van der Waals surface area contributed by atoms with Gasteiger partial charge in [0.2, 0.25) is 0 Å². The molecule has 88 valence electrons. The fourth-order valence-electron chi connectivity index (χ4n) is 1.81. The normalized spacial score (nSPS) is 12.2. The van der Waals surface area contributed by atoms with Gasteiger partial charge in [-0.2, -0.15) is 0 Å². The molecule has 0 aliphatic rings. The third-order valence-electron chi connectivity index (χ3n) is 2.85. The van der Waals surface area contributed by atoms with Crippen LogP contribution in [-0.4, -0.2) is 12.9 Å². The molecule has 0 heterocycles. The summed E-state index contributed by atoms with van der Waals surface area (Å²) >= 11 is 0. The van der Waals surface area contributed by atoms with Crippen LogP contribution in [0.2, 0.25) is 0 Å². The highest BCUT2D eigenvalue weighted by molar-refractivity contribution is 5.75. The number of aryl methyl sites for hydroxylation is 1. The SMILES string of the molecule is COc1ccc(C)cc1C(C)CCC(C)=O. The van der Waals surface area contributed by atoms with Gasteiger partial charge in [0, 0.05) is 6.42 Å². The standard InChI is InChI=1S/C14H20O2/c1-10-5-8-14(16-4)13(9-10)11(2)6-7-12(3)15/h5,8-9,11H,6-7H2,1-4H3. The van der Waals surface area contributed by atoms with Crippen LogP contribution in [0.4, 0.5) is 0 Å². The summed E-state index contributed by atoms with van der Waals surface area (Å²) in [7, 11) is 1.69. The van der Waals surface area contributed by atoms with E-state index in [1.165, 1.54) is 11.1 Å². The van der Waals surface area contributed by atoms with Crippen LogP contribution in [0.3, 0.4) is 0 Å². The Bertz CT molecular complexity index is 369. The first kappa shape index (κ1) is 12.8. The number of methoxy groups -OCH3 is 1. The molecule has 0 aliphatic carbocycles. The molecule has 2 nitrogen and oxygen atoms in total. The Balaban J connectivity index is 2.84. The smallest absolute Gasteiger partial charge is 0.129 e. The van der Waals surface area contributed by atoms with Gasteiger partial charge >= 0.3 is 0 Å². The van der Waals surface area contributed by atoms with Gasteiger partial charge in [-0.15, -0.1) is 0 Å². The first-order valence-electron chi connectivity index (χ1n) is 5.68. The Morgan fingerprint density at radius 3 is 2.69 bits per heavy atom. The zero-order valence-electron chi connectivity index (χ0n) is 10.5. The molecule has 16 heavy (non-hydrogen) atoms. The van der Waals surface area contributed by atoms with E-state index in [2.05, 4.69) is 19.9 Å². The van der Waals surface area contributed by atoms with Gasteiger partial charge in [-0.25, -0.2) is 0 Å². The number of rotatable bonds is 5. The molecule has 0 bridgehead atoms. The fraction of sp³-hybridized carbons (Fsp3) is 0.500. The minimum Gasteiger partial charge on any atom is -0.496 e. The maximum atomic E-state index is 11.0. The van der Waals surface area contributed by atoms with E-state index >= 15 is 0 Å². The Kier molecular flexibility index (Phi) is 4.53. The fourth-order valence-corrected chi connectivity index (χ4v) is 1.81. The molecular formula is C14H20O2. The van der Waals surface area contributed by atoms with Gasteiger partial charge in [0.25, 0.3) is 0 Å². The van der Waals surface area contributed by atoms with Crippen LogP contribution in [0.1, 0.15) is 43.7 Å². The van der Waals surface area contributed by atoms with Gasteiger partial charge in [-0.1, -0.05) is 24.6 Å². The van der Waals surface area contributed by atoms with Crippen LogP contribution in [0.5, 0.6) is 5.75 Å². The van der Waals surface area contributed by atoms with Crippen LogP contribution < -0.4 is 4.74 Å². The van der Waals surface area contributed by atoms with Crippen LogP contribution in [-0.2, 0) is 4.79 Å². The second-order valence-electron chi connectivity index (χ2n) is 4.39. The molecule has 1 unspecified atom stereocenters. The first-order valence-corrected chi connectivity index (χ1v) is 5.68. The van der Waals surface area contributed by atoms with Crippen molar-refractivity contribution in [3.8, 4) is 5.75 Å². The summed E-state index contributed by atoms with van der Waals surface area (Å²) < 4.78 is 5.34. The van der Waals surface area contributed by atoms with Crippen molar-refractivity contribution in [1.29, 1.82) is 0 Å². The van der Waals surface area contributed by atoms with Crippen molar-refractivity contribution < 1.29 is 9.53 Å². The van der Waals surface area contributed by atoms with Crippen molar-refractivity contribution in [3.63, 3.8) is 0 Å². The third kappa shape index (κ3) is 3.37. The number of ether oxygens (including phenoxy) is 1. The Morgan fingerprint density at radius 2 is 2.12 bits per heavy atom. The molecule has 1 aromatic rings. The molecule has 0 fully saturated rings. The van der Waals surface area contributed by atoms with Crippen molar-refractivity contribution in [1.82, 2.24) is 0 Å². The van der Waals surface area contributed by atoms with Crippen LogP contribution >= 0.6 is 0 Å². The van der Waals surface area contributed by atoms with Crippen LogP contribution in [0, 0.1) is 6.92 Å². The van der Waals surface area contributed by atoms with Gasteiger partial charge in [-0.05, 0) is 37.8 Å². The van der Waals surface area contributed by atoms with Gasteiger partial charge < -0.3 is 9.53 Å². The van der Waals surface area contributed by atoms with E-state index in [1.807, 2.05) is 12.1 Å². The van der Waals surface area contributed by atoms with Crippen molar-refractivity contribution in [3.05, 3.63) is 29.3 Å². The predicted molar refractivity (Wildman–Crippen MR) is 66.1 cm³/mol. The molecule has 1 atom stereocenters. The van der Waals surface area contributed by atoms with Crippen LogP contribution in [0.15, 0.2) is 18.2 Å². The van der Waals surface area contributed by atoms with Gasteiger partial charge in [-0.3, -0.25) is 0 Å². The van der Waals surface area contributed by atoms with Crippen molar-refractivity contribution in [2.45, 2.75) is 39.5 Å². The third-order valence-corrected chi connectivity index (χ3v) is 2.85. The summed E-state index contributed by atoms with van der Waals surface area (Å²) in [6.07, 6.45) is 1.52. The summed E-state index contributed by atoms with van der Waals surface area (Å²) in [6.45, 7) is 5.85. The number of carbonyl (C=O) groups is 1. The number of hydrogen-bond acceptors (Lipinski definition) is 2. The molecule has 0 radical (unpaired) electrons. The topological polar surface area (TPSA) is 26.3 Å². The van der Waals surface area contributed by atoms with Crippen molar-refractivity contribution in [2.75, 3.05) is 7.11 Å². The lowest BCUT2D eigenvalue weighted by Gasteiger charge is -2.15. The summed E-state index contributed by atoms with van der Waals surface area (Å²) in [5.74, 6) is 1.53. The largest absolute Gasteiger partial charge is 0.496 e. The molecule has 0 aromatic heterocycles. The number of Topliss-reactive ketones (excluding diaryl/α,β-unsaturated/α-hetero) is 1. The minimum atomic E-state index is 0.249. The van der Waals surface area contributed by atoms with E-state index in [0.717, 1.165) is 12.2 Å². The molecule has 0 N–H and O–H groups in total. The Labute approximate surface area is 97.6 Å². The summed E-state index contributed by atoms with van der Waals surface area (Å²) in [6, 6.07) is 6.18. The van der Waals surface area contributed by atoms with Gasteiger partial charge in [0.1, 0.15) is 11.5 Å². The average Bonchev–Trinajstić information content (AvgIpc) is 2.25. The highest BCUT2D eigenvalue weighted by Crippen LogP contribution is 2.30. The lowest BCUT2D eigenvalue weighted by atomic mass is 9.93. The molecule has 2 heteroatoms. The van der Waals surface area contributed by atoms with E-state index in [0.29, 0.717) is 12.3 Å². The lowest BCUT2D eigenvalue weighted by molar-refractivity contribution is -0.117. The molecule has 1 aromatic carbocycles. The molecular weight excluding hydrogens is 200 g/mol. The monoisotopic (exact) mass is 220 g/mol. The second kappa shape index (κ2) is 5.69. The molecule has 1 rings (SSSR count). The van der Waals surface area contributed by atoms with Gasteiger partial charge in [0.15, 0.2) is 0 Å². The minimum absolute atomic E-state index is 0.249. The summed E-state index contributed by atoms with van der Waals surface area (Å²) in [5.41, 5.74) is 2.43. The predicted octanol–water partition coefficient (Wildman–Crippen LogP) is 3.48. The number of ketones is 1. The first-order chi connectivity index (χ1) is 7.54. The summed E-state index contributed by atoms with van der Waals surface area (Å²) in [4.78, 5) is 11.0. The van der Waals surface area contributed by atoms with Crippen molar-refractivity contribution in [2.24, 2.45) is 0 Å². The van der Waals surface area contributed by atoms with E-state index in [-0.39, 0.29) is 5.78 Å². The molecule has 0 aliphatic heterocycles. The maximum absolute atomic E-state index is 11.0. The number of carbonyl (C=O) groups excluding carboxylic acids is 1. The highest BCUT2D eigenvalue weighted by atomic mass is 16.5. The van der Waals surface area contributed by atoms with E-state index in [9.17, 15) is 4.79 Å². The summed E-state index contributed by atoms with van der Waals surface area (Å²) in [5, 5.41) is 0. The van der Waals surface area contributed by atoms with Gasteiger partial charge in [0.05, 0.1) is 7.11 Å². The second-order valence-corrected chi connectivity index (χ2v) is 4.39. The van der Waals surface area contributed by atoms with E-state index in [4.69, 9.17) is 4.74 Å². The zero-order chi connectivity index (χ0) is 12.1. The molecule has 0 saturated heterocycles. The lowest BCUT2D eigenvalue weighted by Crippen LogP contribution is -2.01.